The summed E-state index contributed by atoms with van der Waals surface area (Å²) in [5.41, 5.74) is 0. The normalized spacial score (nSPS) is 15.0. The van der Waals surface area contributed by atoms with Crippen LogP contribution in [0.3, 0.4) is 0 Å². The Hall–Kier alpha value is -0.0800. The summed E-state index contributed by atoms with van der Waals surface area (Å²) >= 11 is 0. The molecule has 0 aromatic heterocycles. The van der Waals surface area contributed by atoms with E-state index in [1.807, 2.05) is 13.8 Å². The molecule has 0 amide bonds. The van der Waals surface area contributed by atoms with E-state index in [0.717, 1.165) is 12.8 Å². The molecule has 1 unspecified atom stereocenters. The van der Waals surface area contributed by atoms with Gasteiger partial charge in [0.05, 0.1) is 12.2 Å². The summed E-state index contributed by atoms with van der Waals surface area (Å²) < 4.78 is 0. The molecule has 0 bridgehead atoms. The maximum atomic E-state index is 8.36. The molecule has 2 atom stereocenters. The standard InChI is InChI=1S/2C4H10O/c2*1-3-4(2)5/h2*4-5H,3H2,1-2H3/t4-;/m0./s1. The van der Waals surface area contributed by atoms with E-state index in [0.29, 0.717) is 0 Å². The highest BCUT2D eigenvalue weighted by molar-refractivity contribution is 4.34. The molecule has 0 aromatic carbocycles. The summed E-state index contributed by atoms with van der Waals surface area (Å²) in [6.07, 6.45) is 1.49. The van der Waals surface area contributed by atoms with Gasteiger partial charge in [-0.1, -0.05) is 13.8 Å². The first-order chi connectivity index (χ1) is 4.54. The highest BCUT2D eigenvalue weighted by Crippen LogP contribution is 1.82. The van der Waals surface area contributed by atoms with Crippen molar-refractivity contribution in [2.45, 2.75) is 52.7 Å². The van der Waals surface area contributed by atoms with E-state index in [9.17, 15) is 0 Å². The van der Waals surface area contributed by atoms with Crippen molar-refractivity contribution in [3.63, 3.8) is 0 Å². The Morgan fingerprint density at radius 2 is 1.00 bits per heavy atom. The molecule has 0 fully saturated rings. The number of hydrogen-bond acceptors (Lipinski definition) is 2. The zero-order valence-corrected chi connectivity index (χ0v) is 7.46. The van der Waals surface area contributed by atoms with E-state index < -0.39 is 0 Å². The van der Waals surface area contributed by atoms with Gasteiger partial charge in [0.1, 0.15) is 0 Å². The molecule has 64 valence electrons. The van der Waals surface area contributed by atoms with E-state index in [4.69, 9.17) is 10.2 Å². The van der Waals surface area contributed by atoms with E-state index in [-0.39, 0.29) is 12.2 Å². The van der Waals surface area contributed by atoms with Crippen LogP contribution in [0.2, 0.25) is 0 Å². The number of aliphatic hydroxyl groups excluding tert-OH is 2. The van der Waals surface area contributed by atoms with Crippen LogP contribution in [0.1, 0.15) is 40.5 Å². The molecule has 2 nitrogen and oxygen atoms in total. The lowest BCUT2D eigenvalue weighted by Gasteiger charge is -1.90. The van der Waals surface area contributed by atoms with Crippen LogP contribution < -0.4 is 0 Å². The third kappa shape index (κ3) is 24.7. The number of hydrogen-bond donors (Lipinski definition) is 2. The molecule has 0 radical (unpaired) electrons. The second-order valence-electron chi connectivity index (χ2n) is 2.51. The van der Waals surface area contributed by atoms with Crippen LogP contribution in [0.15, 0.2) is 0 Å². The minimum Gasteiger partial charge on any atom is -0.393 e. The second kappa shape index (κ2) is 8.92. The zero-order chi connectivity index (χ0) is 8.57. The first-order valence-corrected chi connectivity index (χ1v) is 3.90. The van der Waals surface area contributed by atoms with Gasteiger partial charge in [-0.25, -0.2) is 0 Å². The monoisotopic (exact) mass is 148 g/mol. The van der Waals surface area contributed by atoms with Crippen LogP contribution in [-0.2, 0) is 0 Å². The lowest BCUT2D eigenvalue weighted by Crippen LogP contribution is -1.93. The van der Waals surface area contributed by atoms with E-state index in [2.05, 4.69) is 0 Å². The summed E-state index contributed by atoms with van der Waals surface area (Å²) in [5.74, 6) is 0. The van der Waals surface area contributed by atoms with Gasteiger partial charge in [0.25, 0.3) is 0 Å². The Balaban J connectivity index is 0. The highest BCUT2D eigenvalue weighted by atomic mass is 16.3. The molecule has 0 aliphatic heterocycles. The van der Waals surface area contributed by atoms with Crippen LogP contribution >= 0.6 is 0 Å². The lowest BCUT2D eigenvalue weighted by atomic mass is 10.3. The van der Waals surface area contributed by atoms with Crippen LogP contribution in [0.4, 0.5) is 0 Å². The van der Waals surface area contributed by atoms with Crippen molar-refractivity contribution < 1.29 is 10.2 Å². The summed E-state index contributed by atoms with van der Waals surface area (Å²) in [4.78, 5) is 0. The lowest BCUT2D eigenvalue weighted by molar-refractivity contribution is 0.190. The average Bonchev–Trinajstić information content (AvgIpc) is 1.89. The van der Waals surface area contributed by atoms with Crippen molar-refractivity contribution in [1.29, 1.82) is 0 Å². The molecular formula is C8H20O2. The Morgan fingerprint density at radius 3 is 1.00 bits per heavy atom. The molecule has 0 rings (SSSR count). The maximum absolute atomic E-state index is 8.36. The fourth-order valence-corrected chi connectivity index (χ4v) is 0. The SMILES string of the molecule is CCC(C)O.CC[C@H](C)O. The van der Waals surface area contributed by atoms with Gasteiger partial charge in [-0.3, -0.25) is 0 Å². The van der Waals surface area contributed by atoms with Crippen molar-refractivity contribution >= 4 is 0 Å². The maximum Gasteiger partial charge on any atom is 0.0509 e. The largest absolute Gasteiger partial charge is 0.393 e. The third-order valence-electron chi connectivity index (χ3n) is 1.18. The van der Waals surface area contributed by atoms with Gasteiger partial charge in [0, 0.05) is 0 Å². The molecule has 0 saturated heterocycles. The molecule has 0 aromatic rings. The highest BCUT2D eigenvalue weighted by Gasteiger charge is 1.82. The van der Waals surface area contributed by atoms with E-state index in [1.165, 1.54) is 0 Å². The van der Waals surface area contributed by atoms with Gasteiger partial charge in [-0.2, -0.15) is 0 Å². The molecule has 0 saturated carbocycles. The Kier molecular flexibility index (Phi) is 11.2. The minimum absolute atomic E-state index is 0.116. The molecule has 0 heterocycles. The van der Waals surface area contributed by atoms with Gasteiger partial charge in [-0.05, 0) is 26.7 Å². The quantitative estimate of drug-likeness (QED) is 0.624. The fourth-order valence-electron chi connectivity index (χ4n) is 0. The van der Waals surface area contributed by atoms with Crippen LogP contribution in [0.25, 0.3) is 0 Å². The van der Waals surface area contributed by atoms with Gasteiger partial charge in [-0.15, -0.1) is 0 Å². The second-order valence-corrected chi connectivity index (χ2v) is 2.51. The molecule has 10 heavy (non-hydrogen) atoms. The zero-order valence-electron chi connectivity index (χ0n) is 7.46. The summed E-state index contributed by atoms with van der Waals surface area (Å²) in [5, 5.41) is 16.7. The predicted octanol–water partition coefficient (Wildman–Crippen LogP) is 1.55. The van der Waals surface area contributed by atoms with Gasteiger partial charge in [0.2, 0.25) is 0 Å². The van der Waals surface area contributed by atoms with Crippen molar-refractivity contribution in [1.82, 2.24) is 0 Å². The first-order valence-electron chi connectivity index (χ1n) is 3.90. The van der Waals surface area contributed by atoms with Crippen molar-refractivity contribution in [2.24, 2.45) is 0 Å². The fraction of sp³-hybridized carbons (Fsp3) is 1.00. The summed E-state index contributed by atoms with van der Waals surface area (Å²) in [6.45, 7) is 7.45. The predicted molar refractivity (Wildman–Crippen MR) is 43.9 cm³/mol. The summed E-state index contributed by atoms with van der Waals surface area (Å²) in [6, 6.07) is 0. The van der Waals surface area contributed by atoms with Crippen LogP contribution in [-0.4, -0.2) is 22.4 Å². The molecule has 0 spiro atoms. The van der Waals surface area contributed by atoms with Crippen molar-refractivity contribution in [2.75, 3.05) is 0 Å². The molecule has 0 aliphatic carbocycles. The molecular weight excluding hydrogens is 128 g/mol. The molecule has 2 heteroatoms. The van der Waals surface area contributed by atoms with Gasteiger partial charge < -0.3 is 10.2 Å². The topological polar surface area (TPSA) is 40.5 Å². The number of aliphatic hydroxyl groups is 2. The van der Waals surface area contributed by atoms with Crippen LogP contribution in [0.5, 0.6) is 0 Å². The Bertz CT molecular complexity index is 43.2. The van der Waals surface area contributed by atoms with E-state index in [1.54, 1.807) is 13.8 Å². The smallest absolute Gasteiger partial charge is 0.0509 e. The average molecular weight is 148 g/mol. The van der Waals surface area contributed by atoms with Crippen LogP contribution in [0, 0.1) is 0 Å². The molecule has 0 aliphatic rings. The van der Waals surface area contributed by atoms with Gasteiger partial charge >= 0.3 is 0 Å². The first kappa shape index (κ1) is 12.6. The van der Waals surface area contributed by atoms with Crippen molar-refractivity contribution in [3.8, 4) is 0 Å². The Labute approximate surface area is 63.9 Å². The minimum atomic E-state index is -0.116. The summed E-state index contributed by atoms with van der Waals surface area (Å²) in [7, 11) is 0. The van der Waals surface area contributed by atoms with Crippen molar-refractivity contribution in [3.05, 3.63) is 0 Å². The molecule has 2 N–H and O–H groups in total. The van der Waals surface area contributed by atoms with E-state index >= 15 is 0 Å². The Morgan fingerprint density at radius 1 is 0.900 bits per heavy atom. The van der Waals surface area contributed by atoms with Gasteiger partial charge in [0.15, 0.2) is 0 Å². The third-order valence-corrected chi connectivity index (χ3v) is 1.18. The number of rotatable bonds is 2.